The first kappa shape index (κ1) is 16.8. The zero-order valence-corrected chi connectivity index (χ0v) is 13.7. The molecule has 1 atom stereocenters. The van der Waals surface area contributed by atoms with Gasteiger partial charge in [0.05, 0.1) is 13.0 Å². The first-order chi connectivity index (χ1) is 10.6. The van der Waals surface area contributed by atoms with Crippen molar-refractivity contribution >= 4 is 5.91 Å². The van der Waals surface area contributed by atoms with Gasteiger partial charge in [-0.05, 0) is 55.5 Å². The Labute approximate surface area is 133 Å². The third-order valence-corrected chi connectivity index (χ3v) is 3.91. The number of hydrogen-bond acceptors (Lipinski definition) is 3. The van der Waals surface area contributed by atoms with Crippen molar-refractivity contribution in [3.05, 3.63) is 29.8 Å². The molecule has 1 amide bonds. The summed E-state index contributed by atoms with van der Waals surface area (Å²) in [7, 11) is 0. The molecule has 1 aliphatic rings. The highest BCUT2D eigenvalue weighted by atomic mass is 16.5. The highest BCUT2D eigenvalue weighted by Gasteiger charge is 2.14. The van der Waals surface area contributed by atoms with Gasteiger partial charge in [0.2, 0.25) is 5.91 Å². The molecule has 0 spiro atoms. The van der Waals surface area contributed by atoms with Crippen LogP contribution in [0.2, 0.25) is 0 Å². The smallest absolute Gasteiger partial charge is 0.224 e. The van der Waals surface area contributed by atoms with Gasteiger partial charge in [-0.1, -0.05) is 26.0 Å². The number of carbonyl (C=O) groups is 1. The maximum Gasteiger partial charge on any atom is 0.224 e. The van der Waals surface area contributed by atoms with Crippen molar-refractivity contribution in [3.8, 4) is 5.75 Å². The van der Waals surface area contributed by atoms with Gasteiger partial charge < -0.3 is 15.4 Å². The number of amides is 1. The Hall–Kier alpha value is -1.55. The third-order valence-electron chi connectivity index (χ3n) is 3.91. The summed E-state index contributed by atoms with van der Waals surface area (Å²) in [4.78, 5) is 11.9. The van der Waals surface area contributed by atoms with Crippen molar-refractivity contribution in [2.24, 2.45) is 11.8 Å². The molecule has 1 fully saturated rings. The molecule has 0 bridgehead atoms. The fourth-order valence-corrected chi connectivity index (χ4v) is 2.59. The molecule has 0 saturated carbocycles. The van der Waals surface area contributed by atoms with Crippen molar-refractivity contribution in [2.75, 3.05) is 26.2 Å². The normalized spacial score (nSPS) is 17.7. The molecule has 2 N–H and O–H groups in total. The summed E-state index contributed by atoms with van der Waals surface area (Å²) in [6, 6.07) is 7.82. The summed E-state index contributed by atoms with van der Waals surface area (Å²) in [5.41, 5.74) is 1.02. The summed E-state index contributed by atoms with van der Waals surface area (Å²) in [6.07, 6.45) is 2.74. The van der Waals surface area contributed by atoms with Crippen molar-refractivity contribution in [1.82, 2.24) is 10.6 Å². The Morgan fingerprint density at radius 2 is 2.14 bits per heavy atom. The van der Waals surface area contributed by atoms with Gasteiger partial charge in [0.25, 0.3) is 0 Å². The van der Waals surface area contributed by atoms with E-state index >= 15 is 0 Å². The predicted molar refractivity (Wildman–Crippen MR) is 89.1 cm³/mol. The van der Waals surface area contributed by atoms with Crippen molar-refractivity contribution in [2.45, 2.75) is 33.1 Å². The molecule has 4 nitrogen and oxygen atoms in total. The lowest BCUT2D eigenvalue weighted by molar-refractivity contribution is -0.120. The summed E-state index contributed by atoms with van der Waals surface area (Å²) < 4.78 is 5.64. The second-order valence-corrected chi connectivity index (χ2v) is 6.52. The highest BCUT2D eigenvalue weighted by Crippen LogP contribution is 2.14. The molecule has 2 rings (SSSR count). The standard InChI is InChI=1S/C18H28N2O2/c1-14(2)13-22-17-5-3-15(4-6-17)11-18(21)20-10-8-16-7-9-19-12-16/h3-6,14,16,19H,7-13H2,1-2H3,(H,20,21). The van der Waals surface area contributed by atoms with Crippen LogP contribution in [0.5, 0.6) is 5.75 Å². The number of ether oxygens (including phenoxy) is 1. The molecule has 1 aromatic rings. The number of hydrogen-bond donors (Lipinski definition) is 2. The van der Waals surface area contributed by atoms with Gasteiger partial charge >= 0.3 is 0 Å². The lowest BCUT2D eigenvalue weighted by atomic mass is 10.1. The van der Waals surface area contributed by atoms with Crippen LogP contribution < -0.4 is 15.4 Å². The summed E-state index contributed by atoms with van der Waals surface area (Å²) >= 11 is 0. The van der Waals surface area contributed by atoms with Gasteiger partial charge in [-0.2, -0.15) is 0 Å². The van der Waals surface area contributed by atoms with Crippen molar-refractivity contribution in [1.29, 1.82) is 0 Å². The maximum atomic E-state index is 11.9. The number of rotatable bonds is 8. The molecule has 22 heavy (non-hydrogen) atoms. The van der Waals surface area contributed by atoms with Gasteiger partial charge in [0.15, 0.2) is 0 Å². The Morgan fingerprint density at radius 1 is 1.36 bits per heavy atom. The third kappa shape index (κ3) is 6.06. The van der Waals surface area contributed by atoms with E-state index < -0.39 is 0 Å². The summed E-state index contributed by atoms with van der Waals surface area (Å²) in [6.45, 7) is 7.95. The minimum absolute atomic E-state index is 0.0989. The average Bonchev–Trinajstić information content (AvgIpc) is 3.00. The van der Waals surface area contributed by atoms with Crippen LogP contribution in [0.3, 0.4) is 0 Å². The second-order valence-electron chi connectivity index (χ2n) is 6.52. The Kier molecular flexibility index (Phi) is 6.72. The van der Waals surface area contributed by atoms with Crippen LogP contribution in [0.15, 0.2) is 24.3 Å². The first-order valence-corrected chi connectivity index (χ1v) is 8.32. The molecule has 0 aromatic heterocycles. The predicted octanol–water partition coefficient (Wildman–Crippen LogP) is 2.38. The second kappa shape index (κ2) is 8.79. The van der Waals surface area contributed by atoms with E-state index in [1.165, 1.54) is 6.42 Å². The van der Waals surface area contributed by atoms with Crippen LogP contribution >= 0.6 is 0 Å². The van der Waals surface area contributed by atoms with E-state index in [-0.39, 0.29) is 5.91 Å². The van der Waals surface area contributed by atoms with Crippen LogP contribution in [-0.4, -0.2) is 32.1 Å². The lowest BCUT2D eigenvalue weighted by Crippen LogP contribution is -2.27. The monoisotopic (exact) mass is 304 g/mol. The quantitative estimate of drug-likeness (QED) is 0.775. The van der Waals surface area contributed by atoms with E-state index in [0.717, 1.165) is 49.9 Å². The van der Waals surface area contributed by atoms with E-state index in [9.17, 15) is 4.79 Å². The van der Waals surface area contributed by atoms with E-state index in [0.29, 0.717) is 12.3 Å². The van der Waals surface area contributed by atoms with Crippen LogP contribution in [0, 0.1) is 11.8 Å². The van der Waals surface area contributed by atoms with E-state index in [4.69, 9.17) is 4.74 Å². The van der Waals surface area contributed by atoms with Crippen LogP contribution in [0.25, 0.3) is 0 Å². The largest absolute Gasteiger partial charge is 0.493 e. The molecule has 0 radical (unpaired) electrons. The fraction of sp³-hybridized carbons (Fsp3) is 0.611. The number of benzene rings is 1. The van der Waals surface area contributed by atoms with Crippen LogP contribution in [0.4, 0.5) is 0 Å². The van der Waals surface area contributed by atoms with Gasteiger partial charge in [0, 0.05) is 6.54 Å². The van der Waals surface area contributed by atoms with Gasteiger partial charge in [-0.3, -0.25) is 4.79 Å². The van der Waals surface area contributed by atoms with E-state index in [2.05, 4.69) is 24.5 Å². The molecule has 1 aliphatic heterocycles. The molecule has 1 saturated heterocycles. The van der Waals surface area contributed by atoms with Crippen LogP contribution in [0.1, 0.15) is 32.3 Å². The van der Waals surface area contributed by atoms with Crippen molar-refractivity contribution < 1.29 is 9.53 Å². The Morgan fingerprint density at radius 3 is 2.77 bits per heavy atom. The molecule has 4 heteroatoms. The molecule has 1 unspecified atom stereocenters. The topological polar surface area (TPSA) is 50.4 Å². The molecular formula is C18H28N2O2. The van der Waals surface area contributed by atoms with E-state index in [1.807, 2.05) is 24.3 Å². The molecule has 1 aromatic carbocycles. The van der Waals surface area contributed by atoms with Crippen LogP contribution in [-0.2, 0) is 11.2 Å². The zero-order valence-electron chi connectivity index (χ0n) is 13.7. The van der Waals surface area contributed by atoms with Gasteiger partial charge in [-0.25, -0.2) is 0 Å². The Balaban J connectivity index is 1.67. The summed E-state index contributed by atoms with van der Waals surface area (Å²) in [5.74, 6) is 2.20. The maximum absolute atomic E-state index is 11.9. The molecule has 1 heterocycles. The van der Waals surface area contributed by atoms with Crippen molar-refractivity contribution in [3.63, 3.8) is 0 Å². The Bertz CT molecular complexity index is 451. The van der Waals surface area contributed by atoms with Gasteiger partial charge in [-0.15, -0.1) is 0 Å². The molecule has 0 aliphatic carbocycles. The fourth-order valence-electron chi connectivity index (χ4n) is 2.59. The van der Waals surface area contributed by atoms with Gasteiger partial charge in [0.1, 0.15) is 5.75 Å². The first-order valence-electron chi connectivity index (χ1n) is 8.32. The molecule has 122 valence electrons. The SMILES string of the molecule is CC(C)COc1ccc(CC(=O)NCCC2CCNC2)cc1. The minimum atomic E-state index is 0.0989. The zero-order chi connectivity index (χ0) is 15.8. The highest BCUT2D eigenvalue weighted by molar-refractivity contribution is 5.78. The lowest BCUT2D eigenvalue weighted by Gasteiger charge is -2.10. The minimum Gasteiger partial charge on any atom is -0.493 e. The number of carbonyl (C=O) groups excluding carboxylic acids is 1. The number of nitrogens with one attached hydrogen (secondary N) is 2. The average molecular weight is 304 g/mol. The van der Waals surface area contributed by atoms with E-state index in [1.54, 1.807) is 0 Å². The summed E-state index contributed by atoms with van der Waals surface area (Å²) in [5, 5.41) is 6.36. The molecular weight excluding hydrogens is 276 g/mol.